The number of carbonyl (C=O) groups is 1. The molecule has 8 heteroatoms. The molecule has 1 amide bonds. The number of ether oxygens (including phenoxy) is 1. The number of aromatic nitrogens is 2. The van der Waals surface area contributed by atoms with Gasteiger partial charge in [-0.05, 0) is 50.9 Å². The lowest BCUT2D eigenvalue weighted by molar-refractivity contribution is -0.107. The Morgan fingerprint density at radius 2 is 1.96 bits per heavy atom. The van der Waals surface area contributed by atoms with Crippen LogP contribution in [0, 0.1) is 0 Å². The zero-order valence-electron chi connectivity index (χ0n) is 15.8. The van der Waals surface area contributed by atoms with Crippen molar-refractivity contribution in [3.63, 3.8) is 0 Å². The molecule has 0 radical (unpaired) electrons. The smallest absolute Gasteiger partial charge is 0.244 e. The summed E-state index contributed by atoms with van der Waals surface area (Å²) in [5, 5.41) is 0.102. The third-order valence-corrected chi connectivity index (χ3v) is 5.58. The summed E-state index contributed by atoms with van der Waals surface area (Å²) < 4.78 is 6.07. The van der Waals surface area contributed by atoms with Gasteiger partial charge in [0.05, 0.1) is 0 Å². The van der Waals surface area contributed by atoms with Crippen molar-refractivity contribution in [2.45, 2.75) is 50.6 Å². The SMILES string of the molecule is CN(C)c1c(OC[C@@H]2CCCN2C)nc(Cl)nc1N(C=O)C1CCCC1. The molecule has 144 valence electrons. The zero-order valence-corrected chi connectivity index (χ0v) is 16.6. The highest BCUT2D eigenvalue weighted by molar-refractivity contribution is 6.28. The second-order valence-electron chi connectivity index (χ2n) is 7.40. The van der Waals surface area contributed by atoms with Gasteiger partial charge in [0.1, 0.15) is 12.3 Å². The monoisotopic (exact) mass is 381 g/mol. The molecule has 26 heavy (non-hydrogen) atoms. The lowest BCUT2D eigenvalue weighted by Gasteiger charge is -2.29. The van der Waals surface area contributed by atoms with Gasteiger partial charge in [-0.15, -0.1) is 0 Å². The van der Waals surface area contributed by atoms with E-state index in [1.54, 1.807) is 4.90 Å². The first kappa shape index (κ1) is 19.2. The van der Waals surface area contributed by atoms with Gasteiger partial charge in [-0.25, -0.2) is 0 Å². The van der Waals surface area contributed by atoms with E-state index in [9.17, 15) is 4.79 Å². The highest BCUT2D eigenvalue weighted by atomic mass is 35.5. The van der Waals surface area contributed by atoms with E-state index >= 15 is 0 Å². The van der Waals surface area contributed by atoms with Crippen molar-refractivity contribution < 1.29 is 9.53 Å². The van der Waals surface area contributed by atoms with E-state index in [0.29, 0.717) is 30.0 Å². The first-order valence-electron chi connectivity index (χ1n) is 9.32. The average Bonchev–Trinajstić information content (AvgIpc) is 3.25. The minimum absolute atomic E-state index is 0.102. The molecule has 1 saturated carbocycles. The number of carbonyl (C=O) groups excluding carboxylic acids is 1. The summed E-state index contributed by atoms with van der Waals surface area (Å²) in [6, 6.07) is 0.533. The van der Waals surface area contributed by atoms with E-state index in [1.165, 1.54) is 6.42 Å². The second kappa shape index (κ2) is 8.39. The molecule has 1 aromatic rings. The lowest BCUT2D eigenvalue weighted by atomic mass is 10.2. The largest absolute Gasteiger partial charge is 0.474 e. The van der Waals surface area contributed by atoms with Gasteiger partial charge >= 0.3 is 0 Å². The molecule has 1 aliphatic heterocycles. The quantitative estimate of drug-likeness (QED) is 0.534. The molecule has 0 bridgehead atoms. The molecule has 1 aliphatic carbocycles. The van der Waals surface area contributed by atoms with E-state index in [1.807, 2.05) is 19.0 Å². The van der Waals surface area contributed by atoms with Crippen LogP contribution in [-0.2, 0) is 4.79 Å². The van der Waals surface area contributed by atoms with Gasteiger partial charge in [0, 0.05) is 26.2 Å². The molecule has 0 spiro atoms. The van der Waals surface area contributed by atoms with Crippen molar-refractivity contribution in [1.82, 2.24) is 14.9 Å². The highest BCUT2D eigenvalue weighted by Crippen LogP contribution is 2.38. The molecule has 1 atom stereocenters. The van der Waals surface area contributed by atoms with Crippen LogP contribution in [0.2, 0.25) is 5.28 Å². The predicted molar refractivity (Wildman–Crippen MR) is 103 cm³/mol. The highest BCUT2D eigenvalue weighted by Gasteiger charge is 2.30. The van der Waals surface area contributed by atoms with E-state index in [4.69, 9.17) is 16.3 Å². The molecule has 0 N–H and O–H groups in total. The van der Waals surface area contributed by atoms with Crippen LogP contribution in [-0.4, -0.2) is 67.7 Å². The van der Waals surface area contributed by atoms with Crippen molar-refractivity contribution in [3.05, 3.63) is 5.28 Å². The minimum Gasteiger partial charge on any atom is -0.474 e. The Morgan fingerprint density at radius 3 is 2.54 bits per heavy atom. The maximum Gasteiger partial charge on any atom is 0.244 e. The summed E-state index contributed by atoms with van der Waals surface area (Å²) in [5.41, 5.74) is 0.703. The van der Waals surface area contributed by atoms with Crippen molar-refractivity contribution in [2.75, 3.05) is 44.1 Å². The van der Waals surface area contributed by atoms with Gasteiger partial charge in [-0.1, -0.05) is 12.8 Å². The number of likely N-dealkylation sites (tertiary alicyclic amines) is 1. The summed E-state index contributed by atoms with van der Waals surface area (Å²) >= 11 is 6.18. The van der Waals surface area contributed by atoms with Crippen molar-refractivity contribution in [1.29, 1.82) is 0 Å². The molecule has 3 rings (SSSR count). The van der Waals surface area contributed by atoms with Crippen LogP contribution in [0.15, 0.2) is 0 Å². The summed E-state index contributed by atoms with van der Waals surface area (Å²) in [4.78, 5) is 26.4. The molecule has 1 aromatic heterocycles. The summed E-state index contributed by atoms with van der Waals surface area (Å²) in [6.07, 6.45) is 7.37. The second-order valence-corrected chi connectivity index (χ2v) is 7.74. The third-order valence-electron chi connectivity index (χ3n) is 5.41. The fraction of sp³-hybridized carbons (Fsp3) is 0.722. The topological polar surface area (TPSA) is 61.8 Å². The number of rotatable bonds is 7. The maximum absolute atomic E-state index is 11.9. The molecule has 1 saturated heterocycles. The van der Waals surface area contributed by atoms with E-state index in [2.05, 4.69) is 21.9 Å². The molecular formula is C18H28ClN5O2. The number of hydrogen-bond donors (Lipinski definition) is 0. The molecule has 0 aromatic carbocycles. The summed E-state index contributed by atoms with van der Waals surface area (Å²) in [6.45, 7) is 1.64. The van der Waals surface area contributed by atoms with Crippen molar-refractivity contribution in [2.24, 2.45) is 0 Å². The fourth-order valence-corrected chi connectivity index (χ4v) is 4.08. The summed E-state index contributed by atoms with van der Waals surface area (Å²) in [7, 11) is 5.92. The van der Waals surface area contributed by atoms with Gasteiger partial charge in [-0.3, -0.25) is 9.69 Å². The minimum atomic E-state index is 0.102. The number of anilines is 2. The predicted octanol–water partition coefficient (Wildman–Crippen LogP) is 2.57. The van der Waals surface area contributed by atoms with Gasteiger partial charge in [-0.2, -0.15) is 9.97 Å². The van der Waals surface area contributed by atoms with E-state index in [-0.39, 0.29) is 11.3 Å². The van der Waals surface area contributed by atoms with Crippen LogP contribution in [0.1, 0.15) is 38.5 Å². The Labute approximate surface area is 160 Å². The number of likely N-dealkylation sites (N-methyl/N-ethyl adjacent to an activating group) is 1. The van der Waals surface area contributed by atoms with Crippen LogP contribution >= 0.6 is 11.6 Å². The molecule has 0 unspecified atom stereocenters. The van der Waals surface area contributed by atoms with Crippen LogP contribution in [0.3, 0.4) is 0 Å². The standard InChI is InChI=1S/C18H28ClN5O2/c1-22(2)15-16(24(12-25)13-7-4-5-8-13)20-18(19)21-17(15)26-11-14-9-6-10-23(14)3/h12-14H,4-11H2,1-3H3/t14-/m0/s1. The third kappa shape index (κ3) is 4.04. The number of hydrogen-bond acceptors (Lipinski definition) is 6. The molecular weight excluding hydrogens is 354 g/mol. The number of amides is 1. The first-order valence-corrected chi connectivity index (χ1v) is 9.70. The zero-order chi connectivity index (χ0) is 18.7. The Hall–Kier alpha value is -1.60. The van der Waals surface area contributed by atoms with Crippen molar-refractivity contribution in [3.8, 4) is 5.88 Å². The van der Waals surface area contributed by atoms with Gasteiger partial charge in [0.2, 0.25) is 17.6 Å². The summed E-state index contributed by atoms with van der Waals surface area (Å²) in [5.74, 6) is 0.974. The number of nitrogens with zero attached hydrogens (tertiary/aromatic N) is 5. The average molecular weight is 382 g/mol. The Kier molecular flexibility index (Phi) is 6.19. The van der Waals surface area contributed by atoms with Crippen LogP contribution in [0.4, 0.5) is 11.5 Å². The fourth-order valence-electron chi connectivity index (χ4n) is 3.93. The number of halogens is 1. The maximum atomic E-state index is 11.9. The van der Waals surface area contributed by atoms with Gasteiger partial charge in [0.15, 0.2) is 5.82 Å². The Bertz CT molecular complexity index is 636. The Morgan fingerprint density at radius 1 is 1.23 bits per heavy atom. The van der Waals surface area contributed by atoms with Crippen molar-refractivity contribution >= 4 is 29.5 Å². The van der Waals surface area contributed by atoms with E-state index in [0.717, 1.165) is 45.1 Å². The normalized spacial score (nSPS) is 21.2. The first-order chi connectivity index (χ1) is 12.5. The van der Waals surface area contributed by atoms with E-state index < -0.39 is 0 Å². The lowest BCUT2D eigenvalue weighted by Crippen LogP contribution is -2.35. The van der Waals surface area contributed by atoms with Crippen LogP contribution < -0.4 is 14.5 Å². The van der Waals surface area contributed by atoms with Gasteiger partial charge < -0.3 is 14.5 Å². The molecule has 2 heterocycles. The molecule has 7 nitrogen and oxygen atoms in total. The molecule has 2 fully saturated rings. The van der Waals surface area contributed by atoms with Crippen LogP contribution in [0.5, 0.6) is 5.88 Å². The van der Waals surface area contributed by atoms with Crippen LogP contribution in [0.25, 0.3) is 0 Å². The van der Waals surface area contributed by atoms with Gasteiger partial charge in [0.25, 0.3) is 0 Å². The Balaban J connectivity index is 1.90. The molecule has 2 aliphatic rings.